The van der Waals surface area contributed by atoms with E-state index in [0.717, 1.165) is 22.9 Å². The van der Waals surface area contributed by atoms with E-state index in [-0.39, 0.29) is 5.24 Å². The predicted molar refractivity (Wildman–Crippen MR) is 83.0 cm³/mol. The molecule has 0 aliphatic carbocycles. The van der Waals surface area contributed by atoms with Gasteiger partial charge in [-0.25, -0.2) is 0 Å². The molecule has 1 aromatic heterocycles. The van der Waals surface area contributed by atoms with Crippen LogP contribution in [0.2, 0.25) is 5.02 Å². The van der Waals surface area contributed by atoms with Crippen LogP contribution in [-0.2, 0) is 4.79 Å². The van der Waals surface area contributed by atoms with Crippen molar-refractivity contribution < 1.29 is 14.0 Å². The normalized spacial score (nSPS) is 16.6. The van der Waals surface area contributed by atoms with E-state index in [4.69, 9.17) is 16.0 Å². The summed E-state index contributed by atoms with van der Waals surface area (Å²) in [5.41, 5.74) is 1.85. The molecule has 1 aliphatic heterocycles. The highest BCUT2D eigenvalue weighted by Crippen LogP contribution is 2.30. The van der Waals surface area contributed by atoms with Crippen molar-refractivity contribution >= 4 is 40.6 Å². The van der Waals surface area contributed by atoms with E-state index in [1.165, 1.54) is 0 Å². The summed E-state index contributed by atoms with van der Waals surface area (Å²) in [4.78, 5) is 22.9. The van der Waals surface area contributed by atoms with Gasteiger partial charge in [0, 0.05) is 16.7 Å². The maximum Gasteiger partial charge on any atom is 0.290 e. The van der Waals surface area contributed by atoms with Gasteiger partial charge >= 0.3 is 0 Å². The molecule has 1 aliphatic rings. The van der Waals surface area contributed by atoms with Crippen molar-refractivity contribution in [2.75, 3.05) is 0 Å². The number of halogens is 1. The number of furan rings is 1. The van der Waals surface area contributed by atoms with Crippen LogP contribution < -0.4 is 5.32 Å². The Kier molecular flexibility index (Phi) is 3.61. The van der Waals surface area contributed by atoms with Crippen LogP contribution in [0.15, 0.2) is 39.7 Å². The standard InChI is InChI=1S/C15H10ClNO3S/c1-8-2-3-9(6-11(8)16)12-5-4-10(20-12)7-13-14(18)17-15(19)21-13/h2-7H,1H3,(H,17,18,19)/b13-7+. The minimum atomic E-state index is -0.402. The molecule has 0 spiro atoms. The molecule has 2 amide bonds. The molecule has 1 N–H and O–H groups in total. The Bertz CT molecular complexity index is 779. The zero-order valence-electron chi connectivity index (χ0n) is 11.0. The highest BCUT2D eigenvalue weighted by Gasteiger charge is 2.25. The van der Waals surface area contributed by atoms with E-state index in [2.05, 4.69) is 5.32 Å². The lowest BCUT2D eigenvalue weighted by atomic mass is 10.1. The van der Waals surface area contributed by atoms with Gasteiger partial charge < -0.3 is 4.42 Å². The zero-order valence-corrected chi connectivity index (χ0v) is 12.5. The fraction of sp³-hybridized carbons (Fsp3) is 0.0667. The molecule has 2 heterocycles. The van der Waals surface area contributed by atoms with Crippen molar-refractivity contribution in [3.05, 3.63) is 51.6 Å². The van der Waals surface area contributed by atoms with Crippen molar-refractivity contribution in [3.63, 3.8) is 0 Å². The maximum absolute atomic E-state index is 11.5. The van der Waals surface area contributed by atoms with E-state index in [0.29, 0.717) is 21.4 Å². The van der Waals surface area contributed by atoms with Crippen LogP contribution in [0.5, 0.6) is 0 Å². The lowest BCUT2D eigenvalue weighted by Gasteiger charge is -2.00. The van der Waals surface area contributed by atoms with Crippen molar-refractivity contribution in [1.29, 1.82) is 0 Å². The molecule has 1 saturated heterocycles. The van der Waals surface area contributed by atoms with Crippen LogP contribution in [0.4, 0.5) is 4.79 Å². The molecule has 0 unspecified atom stereocenters. The van der Waals surface area contributed by atoms with Crippen molar-refractivity contribution in [1.82, 2.24) is 5.32 Å². The van der Waals surface area contributed by atoms with Gasteiger partial charge in [0.15, 0.2) is 0 Å². The van der Waals surface area contributed by atoms with Gasteiger partial charge in [0.1, 0.15) is 11.5 Å². The van der Waals surface area contributed by atoms with Gasteiger partial charge in [0.05, 0.1) is 4.91 Å². The molecule has 106 valence electrons. The minimum absolute atomic E-state index is 0.322. The Hall–Kier alpha value is -1.98. The van der Waals surface area contributed by atoms with Crippen molar-refractivity contribution in [3.8, 4) is 11.3 Å². The van der Waals surface area contributed by atoms with Crippen LogP contribution >= 0.6 is 23.4 Å². The van der Waals surface area contributed by atoms with E-state index < -0.39 is 5.91 Å². The number of carbonyl (C=O) groups excluding carboxylic acids is 2. The van der Waals surface area contributed by atoms with E-state index >= 15 is 0 Å². The monoisotopic (exact) mass is 319 g/mol. The third kappa shape index (κ3) is 2.89. The molecular weight excluding hydrogens is 310 g/mol. The van der Waals surface area contributed by atoms with E-state index in [1.807, 2.05) is 25.1 Å². The highest BCUT2D eigenvalue weighted by molar-refractivity contribution is 8.18. The first-order valence-corrected chi connectivity index (χ1v) is 7.33. The van der Waals surface area contributed by atoms with Crippen LogP contribution in [0.1, 0.15) is 11.3 Å². The molecule has 3 rings (SSSR count). The summed E-state index contributed by atoms with van der Waals surface area (Å²) in [7, 11) is 0. The Balaban J connectivity index is 1.90. The molecule has 4 nitrogen and oxygen atoms in total. The molecule has 1 fully saturated rings. The summed E-state index contributed by atoms with van der Waals surface area (Å²) in [5, 5.41) is 2.49. The lowest BCUT2D eigenvalue weighted by Crippen LogP contribution is -2.17. The van der Waals surface area contributed by atoms with Gasteiger partial charge in [0.2, 0.25) is 0 Å². The van der Waals surface area contributed by atoms with Gasteiger partial charge in [-0.2, -0.15) is 0 Å². The van der Waals surface area contributed by atoms with E-state index in [1.54, 1.807) is 18.2 Å². The number of hydrogen-bond donors (Lipinski definition) is 1. The number of aryl methyl sites for hydroxylation is 1. The number of imide groups is 1. The minimum Gasteiger partial charge on any atom is -0.457 e. The van der Waals surface area contributed by atoms with Crippen molar-refractivity contribution in [2.45, 2.75) is 6.92 Å². The van der Waals surface area contributed by atoms with Crippen molar-refractivity contribution in [2.24, 2.45) is 0 Å². The first-order valence-electron chi connectivity index (χ1n) is 6.14. The van der Waals surface area contributed by atoms with Gasteiger partial charge in [-0.3, -0.25) is 14.9 Å². The predicted octanol–water partition coefficient (Wildman–Crippen LogP) is 4.23. The Labute approximate surface area is 130 Å². The third-order valence-corrected chi connectivity index (χ3v) is 4.22. The Morgan fingerprint density at radius 1 is 1.24 bits per heavy atom. The summed E-state index contributed by atoms with van der Waals surface area (Å²) in [5.74, 6) is 0.758. The Morgan fingerprint density at radius 2 is 2.05 bits per heavy atom. The molecule has 21 heavy (non-hydrogen) atoms. The molecule has 6 heteroatoms. The molecule has 1 aromatic carbocycles. The lowest BCUT2D eigenvalue weighted by molar-refractivity contribution is -0.115. The summed E-state index contributed by atoms with van der Waals surface area (Å²) in [6.07, 6.45) is 1.55. The molecule has 0 saturated carbocycles. The van der Waals surface area contributed by atoms with Gasteiger partial charge in [-0.05, 0) is 42.4 Å². The van der Waals surface area contributed by atoms with Crippen LogP contribution in [-0.4, -0.2) is 11.1 Å². The molecule has 2 aromatic rings. The average Bonchev–Trinajstić information content (AvgIpc) is 3.01. The smallest absolute Gasteiger partial charge is 0.290 e. The number of amides is 2. The Morgan fingerprint density at radius 3 is 2.71 bits per heavy atom. The van der Waals surface area contributed by atoms with Gasteiger partial charge in [-0.15, -0.1) is 0 Å². The second-order valence-corrected chi connectivity index (χ2v) is 5.94. The summed E-state index contributed by atoms with van der Waals surface area (Å²) >= 11 is 6.95. The fourth-order valence-corrected chi connectivity index (χ4v) is 2.72. The second-order valence-electron chi connectivity index (χ2n) is 4.52. The number of carbonyl (C=O) groups is 2. The number of rotatable bonds is 2. The highest BCUT2D eigenvalue weighted by atomic mass is 35.5. The van der Waals surface area contributed by atoms with Crippen LogP contribution in [0.25, 0.3) is 17.4 Å². The van der Waals surface area contributed by atoms with Crippen LogP contribution in [0.3, 0.4) is 0 Å². The summed E-state index contributed by atoms with van der Waals surface area (Å²) in [6.45, 7) is 1.93. The second kappa shape index (κ2) is 5.42. The number of thioether (sulfide) groups is 1. The topological polar surface area (TPSA) is 59.3 Å². The van der Waals surface area contributed by atoms with Crippen LogP contribution in [0, 0.1) is 6.92 Å². The first-order chi connectivity index (χ1) is 10.0. The largest absolute Gasteiger partial charge is 0.457 e. The third-order valence-electron chi connectivity index (χ3n) is 3.00. The zero-order chi connectivity index (χ0) is 15.0. The maximum atomic E-state index is 11.5. The van der Waals surface area contributed by atoms with Gasteiger partial charge in [-0.1, -0.05) is 23.7 Å². The number of hydrogen-bond acceptors (Lipinski definition) is 4. The quantitative estimate of drug-likeness (QED) is 0.841. The van der Waals surface area contributed by atoms with Gasteiger partial charge in [0.25, 0.3) is 11.1 Å². The SMILES string of the molecule is Cc1ccc(-c2ccc(/C=C3/SC(=O)NC3=O)o2)cc1Cl. The van der Waals surface area contributed by atoms with E-state index in [9.17, 15) is 9.59 Å². The number of nitrogens with one attached hydrogen (secondary N) is 1. The first kappa shape index (κ1) is 14.0. The molecular formula is C15H10ClNO3S. The molecule has 0 radical (unpaired) electrons. The summed E-state index contributed by atoms with van der Waals surface area (Å²) < 4.78 is 5.67. The molecule has 0 atom stereocenters. The average molecular weight is 320 g/mol. The summed E-state index contributed by atoms with van der Waals surface area (Å²) in [6, 6.07) is 9.20. The number of benzene rings is 1. The molecule has 0 bridgehead atoms. The fourth-order valence-electron chi connectivity index (χ4n) is 1.88.